The molecule has 0 unspecified atom stereocenters. The zero-order chi connectivity index (χ0) is 23.9. The van der Waals surface area contributed by atoms with E-state index in [1.54, 1.807) is 18.2 Å². The van der Waals surface area contributed by atoms with Gasteiger partial charge in [-0.15, -0.1) is 0 Å². The number of piperazine rings is 1. The summed E-state index contributed by atoms with van der Waals surface area (Å²) in [6.45, 7) is 2.75. The van der Waals surface area contributed by atoms with Crippen molar-refractivity contribution < 1.29 is 21.6 Å². The van der Waals surface area contributed by atoms with Crippen molar-refractivity contribution in [2.45, 2.75) is 11.1 Å². The average molecular weight is 488 g/mol. The lowest BCUT2D eigenvalue weighted by Gasteiger charge is -2.29. The normalized spacial score (nSPS) is 15.1. The van der Waals surface area contributed by atoms with Gasteiger partial charge in [0.25, 0.3) is 10.0 Å². The molecule has 176 valence electrons. The van der Waals surface area contributed by atoms with Crippen LogP contribution in [0.25, 0.3) is 22.2 Å². The third-order valence-corrected chi connectivity index (χ3v) is 7.44. The van der Waals surface area contributed by atoms with Crippen molar-refractivity contribution in [3.8, 4) is 11.1 Å². The van der Waals surface area contributed by atoms with Crippen LogP contribution in [0.4, 0.5) is 19.0 Å². The van der Waals surface area contributed by atoms with Gasteiger partial charge in [-0.3, -0.25) is 0 Å². The fourth-order valence-corrected chi connectivity index (χ4v) is 5.42. The summed E-state index contributed by atoms with van der Waals surface area (Å²) in [5.74, 6) is 0.545. The molecule has 0 spiro atoms. The maximum absolute atomic E-state index is 13.5. The standard InChI is InChI=1S/C23H20F3N5O2S/c24-23(25,26)17-8-6-16(7-9-17)19-14-31(34(32,33)18-4-2-1-3-5-18)22-20(19)21(28-15-29-22)30-12-10-27-11-13-30/h1-9,14-15,27H,10-13H2. The molecular formula is C23H20F3N5O2S. The monoisotopic (exact) mass is 487 g/mol. The first-order chi connectivity index (χ1) is 16.3. The first-order valence-electron chi connectivity index (χ1n) is 10.6. The highest BCUT2D eigenvalue weighted by Crippen LogP contribution is 2.38. The molecule has 0 radical (unpaired) electrons. The van der Waals surface area contributed by atoms with Gasteiger partial charge in [-0.2, -0.15) is 13.2 Å². The van der Waals surface area contributed by atoms with Gasteiger partial charge in [0.1, 0.15) is 12.1 Å². The Balaban J connectivity index is 1.75. The van der Waals surface area contributed by atoms with E-state index in [1.165, 1.54) is 36.8 Å². The zero-order valence-electron chi connectivity index (χ0n) is 17.8. The molecule has 2 aromatic heterocycles. The van der Waals surface area contributed by atoms with Crippen LogP contribution in [0.2, 0.25) is 0 Å². The quantitative estimate of drug-likeness (QED) is 0.472. The molecule has 1 aliphatic heterocycles. The molecule has 11 heteroatoms. The van der Waals surface area contributed by atoms with E-state index in [2.05, 4.69) is 15.3 Å². The molecule has 1 saturated heterocycles. The highest BCUT2D eigenvalue weighted by Gasteiger charge is 2.31. The molecule has 0 aliphatic carbocycles. The molecule has 4 aromatic rings. The van der Waals surface area contributed by atoms with Crippen LogP contribution in [0, 0.1) is 0 Å². The van der Waals surface area contributed by atoms with Crippen LogP contribution in [0.15, 0.2) is 72.0 Å². The van der Waals surface area contributed by atoms with Gasteiger partial charge < -0.3 is 10.2 Å². The number of benzene rings is 2. The molecule has 7 nitrogen and oxygen atoms in total. The van der Waals surface area contributed by atoms with E-state index in [1.807, 2.05) is 4.90 Å². The second-order valence-electron chi connectivity index (χ2n) is 7.86. The number of rotatable bonds is 4. The molecule has 0 bridgehead atoms. The van der Waals surface area contributed by atoms with Crippen molar-refractivity contribution in [1.82, 2.24) is 19.3 Å². The lowest BCUT2D eigenvalue weighted by atomic mass is 10.0. The molecular weight excluding hydrogens is 467 g/mol. The number of nitrogens with zero attached hydrogens (tertiary/aromatic N) is 4. The van der Waals surface area contributed by atoms with Crippen LogP contribution >= 0.6 is 0 Å². The highest BCUT2D eigenvalue weighted by atomic mass is 32.2. The third kappa shape index (κ3) is 3.90. The number of nitrogens with one attached hydrogen (secondary N) is 1. The lowest BCUT2D eigenvalue weighted by Crippen LogP contribution is -2.44. The van der Waals surface area contributed by atoms with Crippen LogP contribution in [0.1, 0.15) is 5.56 Å². The van der Waals surface area contributed by atoms with Gasteiger partial charge in [0.15, 0.2) is 5.65 Å². The molecule has 1 N–H and O–H groups in total. The van der Waals surface area contributed by atoms with Gasteiger partial charge in [0.2, 0.25) is 0 Å². The predicted molar refractivity (Wildman–Crippen MR) is 122 cm³/mol. The number of alkyl halides is 3. The molecule has 3 heterocycles. The molecule has 0 atom stereocenters. The van der Waals surface area contributed by atoms with E-state index in [-0.39, 0.29) is 10.5 Å². The summed E-state index contributed by atoms with van der Waals surface area (Å²) in [6.07, 6.45) is -1.75. The van der Waals surface area contributed by atoms with Gasteiger partial charge in [-0.05, 0) is 29.8 Å². The molecule has 0 amide bonds. The van der Waals surface area contributed by atoms with Crippen molar-refractivity contribution in [2.24, 2.45) is 0 Å². The molecule has 0 saturated carbocycles. The van der Waals surface area contributed by atoms with E-state index in [4.69, 9.17) is 0 Å². The largest absolute Gasteiger partial charge is 0.416 e. The Kier molecular flexibility index (Phi) is 5.53. The summed E-state index contributed by atoms with van der Waals surface area (Å²) < 4.78 is 67.4. The number of hydrogen-bond acceptors (Lipinski definition) is 6. The lowest BCUT2D eigenvalue weighted by molar-refractivity contribution is -0.137. The highest BCUT2D eigenvalue weighted by molar-refractivity contribution is 7.90. The number of halogens is 3. The Bertz CT molecular complexity index is 1430. The van der Waals surface area contributed by atoms with Crippen molar-refractivity contribution >= 4 is 26.9 Å². The van der Waals surface area contributed by atoms with Gasteiger partial charge in [0.05, 0.1) is 15.8 Å². The maximum atomic E-state index is 13.5. The Hall–Kier alpha value is -3.44. The second-order valence-corrected chi connectivity index (χ2v) is 9.68. The van der Waals surface area contributed by atoms with Crippen molar-refractivity contribution in [2.75, 3.05) is 31.1 Å². The number of aromatic nitrogens is 3. The first-order valence-corrected chi connectivity index (χ1v) is 12.0. The van der Waals surface area contributed by atoms with E-state index in [9.17, 15) is 21.6 Å². The number of anilines is 1. The van der Waals surface area contributed by atoms with Crippen LogP contribution in [0.5, 0.6) is 0 Å². The van der Waals surface area contributed by atoms with E-state index in [0.717, 1.165) is 29.2 Å². The zero-order valence-corrected chi connectivity index (χ0v) is 18.6. The minimum Gasteiger partial charge on any atom is -0.353 e. The summed E-state index contributed by atoms with van der Waals surface area (Å²) in [4.78, 5) is 10.8. The summed E-state index contributed by atoms with van der Waals surface area (Å²) in [7, 11) is -4.02. The smallest absolute Gasteiger partial charge is 0.353 e. The van der Waals surface area contributed by atoms with Crippen LogP contribution in [0.3, 0.4) is 0 Å². The summed E-state index contributed by atoms with van der Waals surface area (Å²) in [5, 5.41) is 3.73. The summed E-state index contributed by atoms with van der Waals surface area (Å²) >= 11 is 0. The summed E-state index contributed by atoms with van der Waals surface area (Å²) in [5.41, 5.74) is 0.265. The molecule has 1 aliphatic rings. The van der Waals surface area contributed by atoms with E-state index >= 15 is 0 Å². The van der Waals surface area contributed by atoms with Gasteiger partial charge in [-0.25, -0.2) is 22.4 Å². The van der Waals surface area contributed by atoms with Crippen molar-refractivity contribution in [3.05, 3.63) is 72.7 Å². The molecule has 34 heavy (non-hydrogen) atoms. The maximum Gasteiger partial charge on any atom is 0.416 e. The number of hydrogen-bond donors (Lipinski definition) is 1. The number of fused-ring (bicyclic) bond motifs is 1. The van der Waals surface area contributed by atoms with Gasteiger partial charge >= 0.3 is 6.18 Å². The molecule has 1 fully saturated rings. The van der Waals surface area contributed by atoms with E-state index < -0.39 is 21.8 Å². The van der Waals surface area contributed by atoms with E-state index in [0.29, 0.717) is 35.4 Å². The van der Waals surface area contributed by atoms with Crippen molar-refractivity contribution in [3.63, 3.8) is 0 Å². The van der Waals surface area contributed by atoms with Gasteiger partial charge in [-0.1, -0.05) is 30.3 Å². The fraction of sp³-hybridized carbons (Fsp3) is 0.217. The van der Waals surface area contributed by atoms with Gasteiger partial charge in [0, 0.05) is 37.9 Å². The Morgan fingerprint density at radius 3 is 2.24 bits per heavy atom. The second kappa shape index (κ2) is 8.41. The topological polar surface area (TPSA) is 80.1 Å². The Morgan fingerprint density at radius 1 is 0.912 bits per heavy atom. The van der Waals surface area contributed by atoms with Crippen LogP contribution in [-0.2, 0) is 16.2 Å². The predicted octanol–water partition coefficient (Wildman–Crippen LogP) is 3.76. The first kappa shape index (κ1) is 22.4. The van der Waals surface area contributed by atoms with Crippen molar-refractivity contribution in [1.29, 1.82) is 0 Å². The SMILES string of the molecule is O=S(=O)(c1ccccc1)n1cc(-c2ccc(C(F)(F)F)cc2)c2c(N3CCNCC3)ncnc21. The van der Waals surface area contributed by atoms with Crippen LogP contribution in [-0.4, -0.2) is 48.5 Å². The molecule has 5 rings (SSSR count). The molecule has 2 aromatic carbocycles. The Labute approximate surface area is 193 Å². The minimum atomic E-state index is -4.47. The fourth-order valence-electron chi connectivity index (χ4n) is 4.08. The van der Waals surface area contributed by atoms with Crippen LogP contribution < -0.4 is 10.2 Å². The average Bonchev–Trinajstić information content (AvgIpc) is 3.25. The summed E-state index contributed by atoms with van der Waals surface area (Å²) in [6, 6.07) is 12.6. The minimum absolute atomic E-state index is 0.0770. The third-order valence-electron chi connectivity index (χ3n) is 5.77. The Morgan fingerprint density at radius 2 is 1.59 bits per heavy atom.